The molecule has 0 bridgehead atoms. The Bertz CT molecular complexity index is 428. The van der Waals surface area contributed by atoms with Crippen LogP contribution in [-0.2, 0) is 17.8 Å². The molecule has 1 N–H and O–H groups in total. The van der Waals surface area contributed by atoms with Gasteiger partial charge in [0, 0.05) is 42.5 Å². The molecule has 3 nitrogen and oxygen atoms in total. The quantitative estimate of drug-likeness (QED) is 0.717. The molecule has 1 unspecified atom stereocenters. The van der Waals surface area contributed by atoms with E-state index in [9.17, 15) is 0 Å². The summed E-state index contributed by atoms with van der Waals surface area (Å²) < 4.78 is 5.30. The molecular weight excluding hydrogens is 280 g/mol. The molecule has 0 radical (unpaired) electrons. The average Bonchev–Trinajstić information content (AvgIpc) is 3.26. The maximum atomic E-state index is 5.30. The molecule has 4 heteroatoms. The first-order valence-corrected chi connectivity index (χ1v) is 8.99. The normalized spacial score (nSPS) is 16.6. The summed E-state index contributed by atoms with van der Waals surface area (Å²) in [6.07, 6.45) is 2.80. The van der Waals surface area contributed by atoms with Crippen LogP contribution in [0.5, 0.6) is 0 Å². The molecule has 0 saturated heterocycles. The predicted octanol–water partition coefficient (Wildman–Crippen LogP) is 3.41. The summed E-state index contributed by atoms with van der Waals surface area (Å²) in [4.78, 5) is 5.52. The Morgan fingerprint density at radius 1 is 1.48 bits per heavy atom. The van der Waals surface area contributed by atoms with Crippen LogP contribution in [0.2, 0.25) is 0 Å². The van der Waals surface area contributed by atoms with Crippen LogP contribution in [0.3, 0.4) is 0 Å². The fourth-order valence-corrected chi connectivity index (χ4v) is 3.83. The molecule has 120 valence electrons. The van der Waals surface area contributed by atoms with Crippen molar-refractivity contribution in [3.05, 3.63) is 21.4 Å². The summed E-state index contributed by atoms with van der Waals surface area (Å²) in [5.74, 6) is 0.905. The van der Waals surface area contributed by atoms with E-state index < -0.39 is 0 Å². The van der Waals surface area contributed by atoms with Gasteiger partial charge in [0.25, 0.3) is 0 Å². The van der Waals surface area contributed by atoms with Crippen molar-refractivity contribution in [2.24, 2.45) is 5.92 Å². The van der Waals surface area contributed by atoms with Gasteiger partial charge < -0.3 is 10.1 Å². The van der Waals surface area contributed by atoms with Gasteiger partial charge in [-0.15, -0.1) is 11.3 Å². The topological polar surface area (TPSA) is 24.5 Å². The lowest BCUT2D eigenvalue weighted by molar-refractivity contribution is 0.111. The Balaban J connectivity index is 1.99. The second-order valence-corrected chi connectivity index (χ2v) is 7.46. The van der Waals surface area contributed by atoms with E-state index in [0.717, 1.165) is 38.7 Å². The molecule has 0 aliphatic heterocycles. The highest BCUT2D eigenvalue weighted by Gasteiger charge is 2.32. The molecule has 1 atom stereocenters. The summed E-state index contributed by atoms with van der Waals surface area (Å²) >= 11 is 1.94. The van der Waals surface area contributed by atoms with E-state index in [-0.39, 0.29) is 0 Å². The van der Waals surface area contributed by atoms with E-state index in [1.165, 1.54) is 28.2 Å². The molecule has 0 amide bonds. The Hall–Kier alpha value is -0.420. The van der Waals surface area contributed by atoms with Gasteiger partial charge in [0.2, 0.25) is 0 Å². The van der Waals surface area contributed by atoms with Crippen LogP contribution in [0, 0.1) is 12.8 Å². The van der Waals surface area contributed by atoms with Crippen LogP contribution in [0.4, 0.5) is 0 Å². The van der Waals surface area contributed by atoms with Crippen molar-refractivity contribution in [3.63, 3.8) is 0 Å². The first kappa shape index (κ1) is 16.9. The summed E-state index contributed by atoms with van der Waals surface area (Å²) in [6, 6.07) is 3.07. The third-order valence-electron chi connectivity index (χ3n) is 4.46. The fourth-order valence-electron chi connectivity index (χ4n) is 2.81. The number of nitrogens with one attached hydrogen (secondary N) is 1. The first-order chi connectivity index (χ1) is 10.2. The molecule has 1 aromatic rings. The van der Waals surface area contributed by atoms with Crippen LogP contribution in [0.1, 0.15) is 42.0 Å². The SMILES string of the molecule is CCNCc1cc(CN(CCOC)C(C)C2CC2)c(C)s1. The summed E-state index contributed by atoms with van der Waals surface area (Å²) in [5, 5.41) is 3.42. The highest BCUT2D eigenvalue weighted by molar-refractivity contribution is 7.12. The van der Waals surface area contributed by atoms with Crippen molar-refractivity contribution in [1.29, 1.82) is 0 Å². The van der Waals surface area contributed by atoms with E-state index in [2.05, 4.69) is 37.1 Å². The molecule has 21 heavy (non-hydrogen) atoms. The zero-order valence-corrected chi connectivity index (χ0v) is 14.8. The standard InChI is InChI=1S/C17H30N2OS/c1-5-18-11-17-10-16(14(3)21-17)12-19(8-9-20-4)13(2)15-6-7-15/h10,13,15,18H,5-9,11-12H2,1-4H3. The Morgan fingerprint density at radius 3 is 2.86 bits per heavy atom. The zero-order valence-electron chi connectivity index (χ0n) is 13.9. The van der Waals surface area contributed by atoms with Crippen LogP contribution in [0.15, 0.2) is 6.07 Å². The van der Waals surface area contributed by atoms with Crippen LogP contribution in [-0.4, -0.2) is 37.7 Å². The maximum Gasteiger partial charge on any atom is 0.0589 e. The molecule has 1 aliphatic carbocycles. The number of hydrogen-bond acceptors (Lipinski definition) is 4. The van der Waals surface area contributed by atoms with Crippen LogP contribution < -0.4 is 5.32 Å². The largest absolute Gasteiger partial charge is 0.383 e. The van der Waals surface area contributed by atoms with E-state index in [1.54, 1.807) is 7.11 Å². The van der Waals surface area contributed by atoms with Gasteiger partial charge in [-0.05, 0) is 50.8 Å². The molecule has 1 aromatic heterocycles. The molecule has 2 rings (SSSR count). The van der Waals surface area contributed by atoms with Crippen molar-refractivity contribution in [2.75, 3.05) is 26.8 Å². The number of thiophene rings is 1. The third kappa shape index (κ3) is 5.06. The van der Waals surface area contributed by atoms with E-state index in [4.69, 9.17) is 4.74 Å². The second kappa shape index (κ2) is 8.28. The maximum absolute atomic E-state index is 5.30. The highest BCUT2D eigenvalue weighted by atomic mass is 32.1. The number of aryl methyl sites for hydroxylation is 1. The van der Waals surface area contributed by atoms with Gasteiger partial charge in [0.1, 0.15) is 0 Å². The lowest BCUT2D eigenvalue weighted by Gasteiger charge is -2.29. The van der Waals surface area contributed by atoms with Gasteiger partial charge in [-0.1, -0.05) is 6.92 Å². The van der Waals surface area contributed by atoms with Crippen molar-refractivity contribution in [1.82, 2.24) is 10.2 Å². The smallest absolute Gasteiger partial charge is 0.0589 e. The molecule has 0 aromatic carbocycles. The second-order valence-electron chi connectivity index (χ2n) is 6.12. The van der Waals surface area contributed by atoms with E-state index in [0.29, 0.717) is 6.04 Å². The Morgan fingerprint density at radius 2 is 2.24 bits per heavy atom. The monoisotopic (exact) mass is 310 g/mol. The minimum atomic E-state index is 0.677. The number of ether oxygens (including phenoxy) is 1. The number of rotatable bonds is 10. The van der Waals surface area contributed by atoms with E-state index >= 15 is 0 Å². The number of nitrogens with zero attached hydrogens (tertiary/aromatic N) is 1. The molecule has 1 aliphatic rings. The minimum absolute atomic E-state index is 0.677. The minimum Gasteiger partial charge on any atom is -0.383 e. The van der Waals surface area contributed by atoms with Crippen molar-refractivity contribution in [2.45, 2.75) is 52.7 Å². The third-order valence-corrected chi connectivity index (χ3v) is 5.55. The van der Waals surface area contributed by atoms with Crippen molar-refractivity contribution in [3.8, 4) is 0 Å². The van der Waals surface area contributed by atoms with E-state index in [1.807, 2.05) is 11.3 Å². The molecule has 1 fully saturated rings. The van der Waals surface area contributed by atoms with Crippen LogP contribution in [0.25, 0.3) is 0 Å². The number of hydrogen-bond donors (Lipinski definition) is 1. The van der Waals surface area contributed by atoms with Gasteiger partial charge >= 0.3 is 0 Å². The molecule has 0 spiro atoms. The lowest BCUT2D eigenvalue weighted by Crippen LogP contribution is -2.36. The van der Waals surface area contributed by atoms with Gasteiger partial charge in [0.05, 0.1) is 6.61 Å². The highest BCUT2D eigenvalue weighted by Crippen LogP contribution is 2.36. The number of methoxy groups -OCH3 is 1. The fraction of sp³-hybridized carbons (Fsp3) is 0.765. The van der Waals surface area contributed by atoms with Gasteiger partial charge in [-0.25, -0.2) is 0 Å². The van der Waals surface area contributed by atoms with Gasteiger partial charge in [-0.2, -0.15) is 0 Å². The van der Waals surface area contributed by atoms with Crippen molar-refractivity contribution >= 4 is 11.3 Å². The van der Waals surface area contributed by atoms with Gasteiger partial charge in [0.15, 0.2) is 0 Å². The Kier molecular flexibility index (Phi) is 6.68. The summed E-state index contributed by atoms with van der Waals surface area (Å²) in [7, 11) is 1.80. The molecular formula is C17H30N2OS. The van der Waals surface area contributed by atoms with Crippen molar-refractivity contribution < 1.29 is 4.74 Å². The van der Waals surface area contributed by atoms with Gasteiger partial charge in [-0.3, -0.25) is 4.90 Å². The van der Waals surface area contributed by atoms with Crippen LogP contribution >= 0.6 is 11.3 Å². The predicted molar refractivity (Wildman–Crippen MR) is 90.9 cm³/mol. The summed E-state index contributed by atoms with van der Waals surface area (Å²) in [6.45, 7) is 11.8. The Labute approximate surface area is 133 Å². The molecule has 1 saturated carbocycles. The first-order valence-electron chi connectivity index (χ1n) is 8.17. The molecule has 1 heterocycles. The zero-order chi connectivity index (χ0) is 15.2. The summed E-state index contributed by atoms with van der Waals surface area (Å²) in [5.41, 5.74) is 1.50. The lowest BCUT2D eigenvalue weighted by atomic mass is 10.1. The average molecular weight is 311 g/mol.